The van der Waals surface area contributed by atoms with E-state index in [2.05, 4.69) is 23.5 Å². The molecule has 3 aromatic carbocycles. The average Bonchev–Trinajstić information content (AvgIpc) is 2.59. The zero-order valence-corrected chi connectivity index (χ0v) is 13.1. The molecule has 0 radical (unpaired) electrons. The summed E-state index contributed by atoms with van der Waals surface area (Å²) in [7, 11) is 0. The van der Waals surface area contributed by atoms with Crippen molar-refractivity contribution >= 4 is 34.0 Å². The Bertz CT molecular complexity index is 889. The number of rotatable bonds is 4. The molecule has 0 aliphatic carbocycles. The summed E-state index contributed by atoms with van der Waals surface area (Å²) in [5, 5.41) is 2.80. The fourth-order valence-corrected chi connectivity index (χ4v) is 2.47. The highest BCUT2D eigenvalue weighted by Crippen LogP contribution is 2.18. The number of nitrogens with one attached hydrogen (secondary N) is 2. The summed E-state index contributed by atoms with van der Waals surface area (Å²) in [4.78, 5) is 12.1. The van der Waals surface area contributed by atoms with Crippen molar-refractivity contribution in [3.63, 3.8) is 0 Å². The summed E-state index contributed by atoms with van der Waals surface area (Å²) < 4.78 is 0. The minimum atomic E-state index is -0.269. The lowest BCUT2D eigenvalue weighted by atomic mass is 10.1. The maximum Gasteiger partial charge on any atom is 0.269 e. The number of carbonyl (C=O) groups is 1. The number of hydrazine groups is 1. The predicted molar refractivity (Wildman–Crippen MR) is 95.0 cm³/mol. The third kappa shape index (κ3) is 3.52. The monoisotopic (exact) mass is 322 g/mol. The van der Waals surface area contributed by atoms with Gasteiger partial charge in [0.25, 0.3) is 5.91 Å². The first-order valence-electron chi connectivity index (χ1n) is 7.13. The molecule has 0 spiro atoms. The van der Waals surface area contributed by atoms with Gasteiger partial charge in [-0.2, -0.15) is 0 Å². The van der Waals surface area contributed by atoms with Crippen molar-refractivity contribution in [1.29, 1.82) is 0 Å². The Balaban J connectivity index is 1.69. The van der Waals surface area contributed by atoms with Gasteiger partial charge in [-0.15, -0.1) is 0 Å². The van der Waals surface area contributed by atoms with Gasteiger partial charge in [-0.25, -0.2) is 0 Å². The number of benzene rings is 3. The van der Waals surface area contributed by atoms with Gasteiger partial charge in [0.1, 0.15) is 0 Å². The Morgan fingerprint density at radius 1 is 0.826 bits per heavy atom. The maximum atomic E-state index is 12.1. The first-order valence-corrected chi connectivity index (χ1v) is 7.51. The van der Waals surface area contributed by atoms with Crippen LogP contribution in [0.1, 0.15) is 15.9 Å². The molecule has 0 atom stereocenters. The molecule has 0 aliphatic rings. The first-order chi connectivity index (χ1) is 11.1. The molecule has 0 saturated carbocycles. The van der Waals surface area contributed by atoms with Crippen LogP contribution in [0.4, 0.5) is 0 Å². The lowest BCUT2D eigenvalue weighted by molar-refractivity contribution is 0.0942. The lowest BCUT2D eigenvalue weighted by Gasteiger charge is -2.12. The van der Waals surface area contributed by atoms with E-state index in [-0.39, 0.29) is 5.91 Å². The third-order valence-corrected chi connectivity index (χ3v) is 3.75. The van der Waals surface area contributed by atoms with Crippen LogP contribution in [0.15, 0.2) is 73.3 Å². The Kier molecular flexibility index (Phi) is 4.31. The van der Waals surface area contributed by atoms with Crippen molar-refractivity contribution in [3.05, 3.63) is 89.5 Å². The zero-order chi connectivity index (χ0) is 16.2. The first kappa shape index (κ1) is 15.1. The van der Waals surface area contributed by atoms with E-state index in [0.29, 0.717) is 16.3 Å². The van der Waals surface area contributed by atoms with E-state index in [1.54, 1.807) is 24.3 Å². The number of hydrogen-bond acceptors (Lipinski definition) is 2. The van der Waals surface area contributed by atoms with Crippen molar-refractivity contribution in [2.75, 3.05) is 0 Å². The van der Waals surface area contributed by atoms with Gasteiger partial charge >= 0.3 is 0 Å². The molecule has 0 bridgehead atoms. The van der Waals surface area contributed by atoms with E-state index in [4.69, 9.17) is 11.6 Å². The van der Waals surface area contributed by atoms with Gasteiger partial charge in [-0.3, -0.25) is 15.6 Å². The minimum absolute atomic E-state index is 0.269. The number of hydrogen-bond donors (Lipinski definition) is 2. The largest absolute Gasteiger partial charge is 0.298 e. The molecule has 3 rings (SSSR count). The molecule has 114 valence electrons. The average molecular weight is 323 g/mol. The summed E-state index contributed by atoms with van der Waals surface area (Å²) in [5.41, 5.74) is 7.48. The second kappa shape index (κ2) is 6.55. The van der Waals surface area contributed by atoms with Crippen LogP contribution in [0, 0.1) is 0 Å². The summed E-state index contributed by atoms with van der Waals surface area (Å²) in [6.07, 6.45) is 0. The van der Waals surface area contributed by atoms with Gasteiger partial charge in [-0.1, -0.05) is 60.6 Å². The number of halogens is 1. The minimum Gasteiger partial charge on any atom is -0.298 e. The van der Waals surface area contributed by atoms with E-state index in [0.717, 1.165) is 16.3 Å². The van der Waals surface area contributed by atoms with Gasteiger partial charge in [0.2, 0.25) is 0 Å². The molecule has 0 saturated heterocycles. The van der Waals surface area contributed by atoms with Crippen LogP contribution in [0.5, 0.6) is 0 Å². The van der Waals surface area contributed by atoms with Crippen molar-refractivity contribution in [1.82, 2.24) is 10.9 Å². The Morgan fingerprint density at radius 2 is 1.61 bits per heavy atom. The highest BCUT2D eigenvalue weighted by Gasteiger charge is 2.06. The quantitative estimate of drug-likeness (QED) is 0.699. The smallest absolute Gasteiger partial charge is 0.269 e. The van der Waals surface area contributed by atoms with Crippen molar-refractivity contribution < 1.29 is 4.79 Å². The van der Waals surface area contributed by atoms with Crippen LogP contribution in [0.3, 0.4) is 0 Å². The second-order valence-electron chi connectivity index (χ2n) is 5.13. The number of fused-ring (bicyclic) bond motifs is 1. The van der Waals surface area contributed by atoms with E-state index >= 15 is 0 Å². The standard InChI is InChI=1S/C19H15ClN2O/c1-13(15-10-9-14-5-2-3-6-16(14)11-15)21-22-19(23)17-7-4-8-18(20)12-17/h2-12,21H,1H2,(H,22,23). The van der Waals surface area contributed by atoms with Gasteiger partial charge in [-0.05, 0) is 40.6 Å². The van der Waals surface area contributed by atoms with E-state index in [1.165, 1.54) is 0 Å². The molecule has 0 unspecified atom stereocenters. The van der Waals surface area contributed by atoms with Crippen molar-refractivity contribution in [2.45, 2.75) is 0 Å². The molecule has 0 fully saturated rings. The van der Waals surface area contributed by atoms with Crippen molar-refractivity contribution in [2.24, 2.45) is 0 Å². The van der Waals surface area contributed by atoms with Crippen LogP contribution >= 0.6 is 11.6 Å². The van der Waals surface area contributed by atoms with Crippen LogP contribution < -0.4 is 10.9 Å². The second-order valence-corrected chi connectivity index (χ2v) is 5.57. The van der Waals surface area contributed by atoms with Gasteiger partial charge < -0.3 is 0 Å². The summed E-state index contributed by atoms with van der Waals surface area (Å²) in [6.45, 7) is 3.96. The molecule has 1 amide bonds. The Morgan fingerprint density at radius 3 is 2.39 bits per heavy atom. The molecule has 2 N–H and O–H groups in total. The topological polar surface area (TPSA) is 41.1 Å². The summed E-state index contributed by atoms with van der Waals surface area (Å²) >= 11 is 5.89. The summed E-state index contributed by atoms with van der Waals surface area (Å²) in [6, 6.07) is 20.8. The van der Waals surface area contributed by atoms with Crippen LogP contribution in [-0.4, -0.2) is 5.91 Å². The molecular weight excluding hydrogens is 308 g/mol. The zero-order valence-electron chi connectivity index (χ0n) is 12.3. The lowest BCUT2D eigenvalue weighted by Crippen LogP contribution is -2.35. The normalized spacial score (nSPS) is 10.3. The fraction of sp³-hybridized carbons (Fsp3) is 0. The summed E-state index contributed by atoms with van der Waals surface area (Å²) in [5.74, 6) is -0.269. The van der Waals surface area contributed by atoms with E-state index in [9.17, 15) is 4.79 Å². The SMILES string of the molecule is C=C(NNC(=O)c1cccc(Cl)c1)c1ccc2ccccc2c1. The van der Waals surface area contributed by atoms with E-state index in [1.807, 2.05) is 36.4 Å². The predicted octanol–water partition coefficient (Wildman–Crippen LogP) is 4.40. The molecule has 3 aromatic rings. The molecule has 0 aliphatic heterocycles. The van der Waals surface area contributed by atoms with Gasteiger partial charge in [0.05, 0.1) is 5.70 Å². The molecule has 0 aromatic heterocycles. The third-order valence-electron chi connectivity index (χ3n) is 3.51. The molecule has 4 heteroatoms. The van der Waals surface area contributed by atoms with Crippen LogP contribution in [-0.2, 0) is 0 Å². The van der Waals surface area contributed by atoms with Gasteiger partial charge in [0, 0.05) is 10.6 Å². The highest BCUT2D eigenvalue weighted by molar-refractivity contribution is 6.30. The van der Waals surface area contributed by atoms with E-state index < -0.39 is 0 Å². The Hall–Kier alpha value is -2.78. The molecule has 23 heavy (non-hydrogen) atoms. The molecular formula is C19H15ClN2O. The molecule has 3 nitrogen and oxygen atoms in total. The highest BCUT2D eigenvalue weighted by atomic mass is 35.5. The van der Waals surface area contributed by atoms with Crippen LogP contribution in [0.25, 0.3) is 16.5 Å². The maximum absolute atomic E-state index is 12.1. The van der Waals surface area contributed by atoms with Crippen LogP contribution in [0.2, 0.25) is 5.02 Å². The molecule has 0 heterocycles. The van der Waals surface area contributed by atoms with Gasteiger partial charge in [0.15, 0.2) is 0 Å². The number of amides is 1. The van der Waals surface area contributed by atoms with Crippen molar-refractivity contribution in [3.8, 4) is 0 Å². The Labute approximate surface area is 139 Å². The number of carbonyl (C=O) groups excluding carboxylic acids is 1. The fourth-order valence-electron chi connectivity index (χ4n) is 2.28.